The molecule has 0 aromatic heterocycles. The summed E-state index contributed by atoms with van der Waals surface area (Å²) in [5.41, 5.74) is -6.00. The molecule has 0 bridgehead atoms. The lowest BCUT2D eigenvalue weighted by Gasteiger charge is -2.34. The molecule has 39 heavy (non-hydrogen) atoms. The number of hydrogen-bond acceptors (Lipinski definition) is 9. The van der Waals surface area contributed by atoms with Crippen LogP contribution in [0.1, 0.15) is 45.4 Å². The Kier molecular flexibility index (Phi) is 12.0. The van der Waals surface area contributed by atoms with Gasteiger partial charge in [0.2, 0.25) is 15.9 Å². The number of primary sulfonamides is 1. The van der Waals surface area contributed by atoms with E-state index in [-0.39, 0.29) is 24.1 Å². The molecule has 1 fully saturated rings. The fourth-order valence-electron chi connectivity index (χ4n) is 4.03. The minimum absolute atomic E-state index is 0.0498. The van der Waals surface area contributed by atoms with E-state index < -0.39 is 35.2 Å². The number of esters is 1. The fraction of sp³-hybridized carbons (Fsp3) is 0.652. The van der Waals surface area contributed by atoms with Gasteiger partial charge in [-0.15, -0.1) is 0 Å². The predicted octanol–water partition coefficient (Wildman–Crippen LogP) is 2.09. The number of nitrogens with one attached hydrogen (secondary N) is 1. The molecule has 1 aromatic rings. The van der Waals surface area contributed by atoms with Crippen molar-refractivity contribution >= 4 is 37.4 Å². The van der Waals surface area contributed by atoms with E-state index in [2.05, 4.69) is 10.2 Å². The number of ether oxygens (including phenoxy) is 1. The number of sulfonamides is 1. The second-order valence-electron chi connectivity index (χ2n) is 9.02. The van der Waals surface area contributed by atoms with Crippen LogP contribution >= 0.6 is 0 Å². The van der Waals surface area contributed by atoms with Crippen LogP contribution < -0.4 is 10.5 Å². The maximum atomic E-state index is 13.2. The van der Waals surface area contributed by atoms with Gasteiger partial charge < -0.3 is 15.0 Å². The van der Waals surface area contributed by atoms with Gasteiger partial charge in [-0.25, -0.2) is 22.0 Å². The van der Waals surface area contributed by atoms with E-state index in [0.717, 1.165) is 18.6 Å². The molecule has 0 spiro atoms. The third kappa shape index (κ3) is 9.92. The molecule has 0 atom stereocenters. The average Bonchev–Trinajstić information content (AvgIpc) is 2.85. The summed E-state index contributed by atoms with van der Waals surface area (Å²) < 4.78 is 91.4. The quantitative estimate of drug-likeness (QED) is 0.241. The number of rotatable bonds is 14. The molecule has 1 aromatic carbocycles. The van der Waals surface area contributed by atoms with Gasteiger partial charge in [0, 0.05) is 45.6 Å². The molecule has 0 saturated carbocycles. The first kappa shape index (κ1) is 32.8. The first-order valence-corrected chi connectivity index (χ1v) is 15.6. The van der Waals surface area contributed by atoms with Crippen LogP contribution in [0.5, 0.6) is 0 Å². The Balaban J connectivity index is 1.79. The second-order valence-corrected chi connectivity index (χ2v) is 12.5. The monoisotopic (exact) mass is 600 g/mol. The summed E-state index contributed by atoms with van der Waals surface area (Å²) in [5, 5.41) is 7.60. The molecular formula is C23H35F3N4O7S2. The highest BCUT2D eigenvalue weighted by Gasteiger charge is 2.48. The largest absolute Gasteiger partial charge is 0.501 e. The predicted molar refractivity (Wildman–Crippen MR) is 137 cm³/mol. The fourth-order valence-corrected chi connectivity index (χ4v) is 5.61. The van der Waals surface area contributed by atoms with Crippen molar-refractivity contribution in [1.82, 2.24) is 9.80 Å². The normalized spacial score (nSPS) is 15.3. The van der Waals surface area contributed by atoms with E-state index in [4.69, 9.17) is 9.88 Å². The van der Waals surface area contributed by atoms with Gasteiger partial charge in [-0.05, 0) is 50.9 Å². The van der Waals surface area contributed by atoms with Gasteiger partial charge in [-0.3, -0.25) is 14.5 Å². The number of anilines is 1. The molecule has 1 amide bonds. The Hall–Kier alpha value is -2.43. The van der Waals surface area contributed by atoms with E-state index in [1.807, 2.05) is 0 Å². The molecule has 222 valence electrons. The minimum atomic E-state index is -5.83. The number of carbonyl (C=O) groups excluding carboxylic acids is 2. The first-order chi connectivity index (χ1) is 18.2. The van der Waals surface area contributed by atoms with Gasteiger partial charge >= 0.3 is 11.5 Å². The van der Waals surface area contributed by atoms with E-state index in [1.54, 1.807) is 11.8 Å². The Labute approximate surface area is 226 Å². The van der Waals surface area contributed by atoms with Gasteiger partial charge in [-0.1, -0.05) is 6.42 Å². The number of unbranched alkanes of at least 4 members (excludes halogenated alkanes) is 2. The number of hydrogen-bond donors (Lipinski definition) is 2. The zero-order valence-corrected chi connectivity index (χ0v) is 23.3. The highest BCUT2D eigenvalue weighted by molar-refractivity contribution is 7.92. The minimum Gasteiger partial charge on any atom is -0.466 e. The second kappa shape index (κ2) is 14.3. The number of benzene rings is 1. The Bertz CT molecular complexity index is 1200. The van der Waals surface area contributed by atoms with Crippen LogP contribution in [-0.4, -0.2) is 89.9 Å². The highest BCUT2D eigenvalue weighted by atomic mass is 32.2. The summed E-state index contributed by atoms with van der Waals surface area (Å²) in [6.07, 6.45) is 3.32. The number of carbonyl (C=O) groups is 2. The van der Waals surface area contributed by atoms with Crippen LogP contribution in [0.3, 0.4) is 0 Å². The van der Waals surface area contributed by atoms with E-state index >= 15 is 0 Å². The van der Waals surface area contributed by atoms with Crippen LogP contribution in [0.25, 0.3) is 0 Å². The van der Waals surface area contributed by atoms with Crippen molar-refractivity contribution in [2.24, 2.45) is 5.14 Å². The molecule has 0 unspecified atom stereocenters. The third-order valence-corrected chi connectivity index (χ3v) is 8.58. The van der Waals surface area contributed by atoms with E-state index in [9.17, 15) is 39.6 Å². The molecule has 0 radical (unpaired) electrons. The van der Waals surface area contributed by atoms with Crippen molar-refractivity contribution in [2.75, 3.05) is 51.2 Å². The Morgan fingerprint density at radius 3 is 2.23 bits per heavy atom. The number of halogens is 3. The number of piperazine rings is 1. The van der Waals surface area contributed by atoms with Gasteiger partial charge in [0.1, 0.15) is 4.90 Å². The molecule has 1 saturated heterocycles. The number of alkyl halides is 3. The topological polar surface area (TPSA) is 156 Å². The van der Waals surface area contributed by atoms with Crippen LogP contribution in [0, 0.1) is 0 Å². The first-order valence-electron chi connectivity index (χ1n) is 12.5. The lowest BCUT2D eigenvalue weighted by molar-refractivity contribution is -0.143. The Morgan fingerprint density at radius 2 is 1.64 bits per heavy atom. The summed E-state index contributed by atoms with van der Waals surface area (Å²) in [7, 11) is -10.3. The van der Waals surface area contributed by atoms with Crippen molar-refractivity contribution in [1.29, 1.82) is 0 Å². The van der Waals surface area contributed by atoms with Crippen molar-refractivity contribution < 1.29 is 44.3 Å². The van der Waals surface area contributed by atoms with Crippen molar-refractivity contribution in [3.63, 3.8) is 0 Å². The van der Waals surface area contributed by atoms with Crippen LogP contribution in [-0.2, 0) is 34.2 Å². The molecule has 11 nitrogen and oxygen atoms in total. The summed E-state index contributed by atoms with van der Waals surface area (Å²) in [5.74, 6) is -0.185. The van der Waals surface area contributed by atoms with Crippen LogP contribution in [0.4, 0.5) is 18.9 Å². The molecule has 1 aliphatic heterocycles. The van der Waals surface area contributed by atoms with Crippen molar-refractivity contribution in [2.45, 2.75) is 60.7 Å². The van der Waals surface area contributed by atoms with Gasteiger partial charge in [-0.2, -0.15) is 13.2 Å². The van der Waals surface area contributed by atoms with Crippen LogP contribution in [0.2, 0.25) is 0 Å². The molecule has 16 heteroatoms. The van der Waals surface area contributed by atoms with E-state index in [1.165, 1.54) is 0 Å². The number of nitrogens with two attached hydrogens (primary N) is 1. The number of amides is 1. The summed E-state index contributed by atoms with van der Waals surface area (Å²) in [6, 6.07) is 2.28. The molecule has 3 N–H and O–H groups in total. The zero-order valence-electron chi connectivity index (χ0n) is 21.7. The third-order valence-electron chi connectivity index (χ3n) is 6.14. The van der Waals surface area contributed by atoms with Gasteiger partial charge in [0.05, 0.1) is 17.2 Å². The standard InChI is InChI=1S/C23H35F3N4O7S2/c1-2-37-22(32)8-5-3-4-7-21(31)30-15-13-29(14-16-30)12-6-11-28-19-10-9-18(39(27,35)36)17-20(19)38(33,34)23(24,25)26/h9-10,17,28H,2-8,11-16H2,1H3,(H2,27,35,36). The molecule has 1 aliphatic rings. The Morgan fingerprint density at radius 1 is 1.00 bits per heavy atom. The van der Waals surface area contributed by atoms with Crippen LogP contribution in [0.15, 0.2) is 28.0 Å². The van der Waals surface area contributed by atoms with Gasteiger partial charge in [0.25, 0.3) is 9.84 Å². The SMILES string of the molecule is CCOC(=O)CCCCCC(=O)N1CCN(CCCNc2ccc(S(N)(=O)=O)cc2S(=O)(=O)C(F)(F)F)CC1. The number of sulfone groups is 1. The lowest BCUT2D eigenvalue weighted by Crippen LogP contribution is -2.48. The summed E-state index contributed by atoms with van der Waals surface area (Å²) >= 11 is 0. The highest BCUT2D eigenvalue weighted by Crippen LogP contribution is 2.35. The lowest BCUT2D eigenvalue weighted by atomic mass is 10.1. The molecular weight excluding hydrogens is 565 g/mol. The maximum Gasteiger partial charge on any atom is 0.501 e. The summed E-state index contributed by atoms with van der Waals surface area (Å²) in [4.78, 5) is 25.6. The number of nitrogens with zero attached hydrogens (tertiary/aromatic N) is 2. The average molecular weight is 601 g/mol. The molecule has 0 aliphatic carbocycles. The van der Waals surface area contributed by atoms with Gasteiger partial charge in [0.15, 0.2) is 0 Å². The molecule has 2 rings (SSSR count). The summed E-state index contributed by atoms with van der Waals surface area (Å²) in [6.45, 7) is 5.09. The van der Waals surface area contributed by atoms with E-state index in [0.29, 0.717) is 77.5 Å². The molecule has 1 heterocycles. The maximum absolute atomic E-state index is 13.2. The smallest absolute Gasteiger partial charge is 0.466 e. The van der Waals surface area contributed by atoms with Crippen molar-refractivity contribution in [3.8, 4) is 0 Å². The van der Waals surface area contributed by atoms with Crippen molar-refractivity contribution in [3.05, 3.63) is 18.2 Å². The zero-order chi connectivity index (χ0) is 29.3.